The van der Waals surface area contributed by atoms with Gasteiger partial charge in [-0.2, -0.15) is 0 Å². The molecular weight excluding hydrogens is 402 g/mol. The molecule has 0 atom stereocenters. The molecule has 30 heavy (non-hydrogen) atoms. The number of hydrogen-bond donors (Lipinski definition) is 4. The third-order valence-corrected chi connectivity index (χ3v) is 4.23. The van der Waals surface area contributed by atoms with Gasteiger partial charge in [0.1, 0.15) is 5.60 Å². The van der Waals surface area contributed by atoms with E-state index >= 15 is 0 Å². The van der Waals surface area contributed by atoms with E-state index in [4.69, 9.17) is 4.74 Å². The number of hydrogen-bond acceptors (Lipinski definition) is 5. The molecule has 0 aliphatic rings. The average molecular weight is 430 g/mol. The number of amides is 3. The van der Waals surface area contributed by atoms with Crippen molar-refractivity contribution in [1.29, 1.82) is 0 Å². The lowest BCUT2D eigenvalue weighted by Crippen LogP contribution is -2.35. The van der Waals surface area contributed by atoms with E-state index in [2.05, 4.69) is 28.6 Å². The van der Waals surface area contributed by atoms with Crippen LogP contribution in [-0.2, 0) is 16.1 Å². The predicted octanol–water partition coefficient (Wildman–Crippen LogP) is 3.76. The van der Waals surface area contributed by atoms with Crippen molar-refractivity contribution in [1.82, 2.24) is 10.6 Å². The van der Waals surface area contributed by atoms with Crippen LogP contribution in [0.1, 0.15) is 43.1 Å². The van der Waals surface area contributed by atoms with E-state index in [1.54, 1.807) is 57.2 Å². The maximum absolute atomic E-state index is 12.4. The second-order valence-electron chi connectivity index (χ2n) is 7.63. The van der Waals surface area contributed by atoms with E-state index < -0.39 is 11.7 Å². The van der Waals surface area contributed by atoms with Gasteiger partial charge < -0.3 is 20.7 Å². The molecule has 0 aromatic heterocycles. The molecule has 0 heterocycles. The van der Waals surface area contributed by atoms with Crippen molar-refractivity contribution in [3.8, 4) is 0 Å². The van der Waals surface area contributed by atoms with Crippen LogP contribution in [0.3, 0.4) is 0 Å². The first-order valence-corrected chi connectivity index (χ1v) is 10.0. The normalized spacial score (nSPS) is 10.8. The van der Waals surface area contributed by atoms with E-state index in [0.717, 1.165) is 5.56 Å². The summed E-state index contributed by atoms with van der Waals surface area (Å²) < 4.78 is 5.11. The molecule has 0 radical (unpaired) electrons. The maximum atomic E-state index is 12.4. The molecule has 3 amide bonds. The number of benzene rings is 2. The molecule has 0 spiro atoms. The Labute approximate surface area is 182 Å². The number of rotatable bonds is 7. The van der Waals surface area contributed by atoms with Crippen LogP contribution in [0.2, 0.25) is 0 Å². The van der Waals surface area contributed by atoms with Crippen molar-refractivity contribution in [2.24, 2.45) is 0 Å². The summed E-state index contributed by atoms with van der Waals surface area (Å²) in [6, 6.07) is 14.3. The molecule has 0 aliphatic carbocycles. The first-order chi connectivity index (χ1) is 14.1. The number of thiol groups is 1. The fourth-order valence-corrected chi connectivity index (χ4v) is 2.77. The van der Waals surface area contributed by atoms with E-state index in [9.17, 15) is 14.4 Å². The summed E-state index contributed by atoms with van der Waals surface area (Å²) in [4.78, 5) is 36.5. The highest BCUT2D eigenvalue weighted by Gasteiger charge is 2.16. The van der Waals surface area contributed by atoms with Crippen LogP contribution >= 0.6 is 12.6 Å². The first-order valence-electron chi connectivity index (χ1n) is 9.56. The van der Waals surface area contributed by atoms with Gasteiger partial charge in [-0.25, -0.2) is 4.79 Å². The Morgan fingerprint density at radius 2 is 1.73 bits per heavy atom. The van der Waals surface area contributed by atoms with Gasteiger partial charge in [0.25, 0.3) is 5.91 Å². The quantitative estimate of drug-likeness (QED) is 0.504. The second-order valence-corrected chi connectivity index (χ2v) is 8.11. The number of carbonyl (C=O) groups excluding carboxylic acids is 3. The lowest BCUT2D eigenvalue weighted by Gasteiger charge is -2.19. The Morgan fingerprint density at radius 3 is 2.43 bits per heavy atom. The Balaban J connectivity index is 1.80. The Bertz CT molecular complexity index is 909. The number of alkyl carbamates (subject to hydrolysis) is 1. The smallest absolute Gasteiger partial charge is 0.407 e. The molecule has 8 heteroatoms. The third-order valence-electron chi connectivity index (χ3n) is 3.84. The SMILES string of the molecule is CC(C)(C)OC(=O)NCCC(=O)NCc1cccc(NC(=O)c2ccccc2S)c1. The molecule has 3 N–H and O–H groups in total. The van der Waals surface area contributed by atoms with E-state index in [1.165, 1.54) is 0 Å². The van der Waals surface area contributed by atoms with Crippen LogP contribution < -0.4 is 16.0 Å². The first kappa shape index (κ1) is 23.3. The van der Waals surface area contributed by atoms with Crippen molar-refractivity contribution >= 4 is 36.2 Å². The molecule has 0 saturated carbocycles. The number of ether oxygens (including phenoxy) is 1. The zero-order chi connectivity index (χ0) is 22.1. The molecule has 0 saturated heterocycles. The van der Waals surface area contributed by atoms with Gasteiger partial charge in [0, 0.05) is 30.1 Å². The summed E-state index contributed by atoms with van der Waals surface area (Å²) in [6.45, 7) is 5.80. The van der Waals surface area contributed by atoms with Gasteiger partial charge in [-0.1, -0.05) is 24.3 Å². The summed E-state index contributed by atoms with van der Waals surface area (Å²) in [7, 11) is 0. The number of nitrogens with one attached hydrogen (secondary N) is 3. The van der Waals surface area contributed by atoms with Gasteiger partial charge in [0.2, 0.25) is 5.91 Å². The minimum atomic E-state index is -0.582. The van der Waals surface area contributed by atoms with Crippen molar-refractivity contribution in [2.75, 3.05) is 11.9 Å². The highest BCUT2D eigenvalue weighted by atomic mass is 32.1. The summed E-state index contributed by atoms with van der Waals surface area (Å²) in [5.41, 5.74) is 1.36. The number of carbonyl (C=O) groups is 3. The highest BCUT2D eigenvalue weighted by Crippen LogP contribution is 2.16. The maximum Gasteiger partial charge on any atom is 0.407 e. The largest absolute Gasteiger partial charge is 0.444 e. The van der Waals surface area contributed by atoms with Crippen LogP contribution in [0.15, 0.2) is 53.4 Å². The highest BCUT2D eigenvalue weighted by molar-refractivity contribution is 7.80. The molecule has 2 aromatic carbocycles. The summed E-state index contributed by atoms with van der Waals surface area (Å²) >= 11 is 4.30. The van der Waals surface area contributed by atoms with Crippen molar-refractivity contribution in [2.45, 2.75) is 44.2 Å². The number of anilines is 1. The Kier molecular flexibility index (Phi) is 8.29. The molecule has 0 aliphatic heterocycles. The van der Waals surface area contributed by atoms with E-state index in [0.29, 0.717) is 22.7 Å². The van der Waals surface area contributed by atoms with Crippen LogP contribution in [0.5, 0.6) is 0 Å². The van der Waals surface area contributed by atoms with Gasteiger partial charge in [-0.05, 0) is 50.6 Å². The van der Waals surface area contributed by atoms with Crippen molar-refractivity contribution in [3.63, 3.8) is 0 Å². The van der Waals surface area contributed by atoms with Crippen LogP contribution in [0, 0.1) is 0 Å². The lowest BCUT2D eigenvalue weighted by atomic mass is 10.1. The van der Waals surface area contributed by atoms with Crippen molar-refractivity contribution < 1.29 is 19.1 Å². The fourth-order valence-electron chi connectivity index (χ4n) is 2.50. The molecule has 0 bridgehead atoms. The molecule has 2 aromatic rings. The topological polar surface area (TPSA) is 96.5 Å². The van der Waals surface area contributed by atoms with E-state index in [1.807, 2.05) is 12.1 Å². The second kappa shape index (κ2) is 10.7. The van der Waals surface area contributed by atoms with Crippen LogP contribution in [-0.4, -0.2) is 30.1 Å². The molecule has 0 fully saturated rings. The summed E-state index contributed by atoms with van der Waals surface area (Å²) in [6.07, 6.45) is -0.421. The van der Waals surface area contributed by atoms with Gasteiger partial charge in [-0.15, -0.1) is 12.6 Å². The summed E-state index contributed by atoms with van der Waals surface area (Å²) in [5.74, 6) is -0.459. The standard InChI is InChI=1S/C22H27N3O4S/c1-22(2,3)29-21(28)23-12-11-19(26)24-14-15-7-6-8-16(13-15)25-20(27)17-9-4-5-10-18(17)30/h4-10,13,30H,11-12,14H2,1-3H3,(H,23,28)(H,24,26)(H,25,27). The average Bonchev–Trinajstić information content (AvgIpc) is 2.65. The van der Waals surface area contributed by atoms with Gasteiger partial charge in [0.05, 0.1) is 5.56 Å². The van der Waals surface area contributed by atoms with Gasteiger partial charge >= 0.3 is 6.09 Å². The molecule has 0 unspecified atom stereocenters. The minimum absolute atomic E-state index is 0.133. The molecule has 7 nitrogen and oxygen atoms in total. The predicted molar refractivity (Wildman–Crippen MR) is 119 cm³/mol. The van der Waals surface area contributed by atoms with Gasteiger partial charge in [0.15, 0.2) is 0 Å². The van der Waals surface area contributed by atoms with Crippen molar-refractivity contribution in [3.05, 3.63) is 59.7 Å². The summed E-state index contributed by atoms with van der Waals surface area (Å²) in [5, 5.41) is 8.16. The minimum Gasteiger partial charge on any atom is -0.444 e. The fraction of sp³-hybridized carbons (Fsp3) is 0.318. The Hall–Kier alpha value is -3.00. The van der Waals surface area contributed by atoms with E-state index in [-0.39, 0.29) is 24.8 Å². The van der Waals surface area contributed by atoms with Gasteiger partial charge in [-0.3, -0.25) is 9.59 Å². The molecule has 2 rings (SSSR count). The lowest BCUT2D eigenvalue weighted by molar-refractivity contribution is -0.121. The molecular formula is C22H27N3O4S. The zero-order valence-corrected chi connectivity index (χ0v) is 18.2. The third kappa shape index (κ3) is 8.16. The monoisotopic (exact) mass is 429 g/mol. The zero-order valence-electron chi connectivity index (χ0n) is 17.3. The molecule has 160 valence electrons. The van der Waals surface area contributed by atoms with Crippen LogP contribution in [0.4, 0.5) is 10.5 Å². The van der Waals surface area contributed by atoms with Crippen LogP contribution in [0.25, 0.3) is 0 Å². The Morgan fingerprint density at radius 1 is 1.00 bits per heavy atom.